The number of hydrogen-bond acceptors (Lipinski definition) is 3. The highest BCUT2D eigenvalue weighted by Gasteiger charge is 2.09. The molecule has 1 N–H and O–H groups in total. The molecule has 0 atom stereocenters. The summed E-state index contributed by atoms with van der Waals surface area (Å²) in [4.78, 5) is 4.36. The molecule has 2 heterocycles. The van der Waals surface area contributed by atoms with Gasteiger partial charge in [-0.3, -0.25) is 5.10 Å². The van der Waals surface area contributed by atoms with Gasteiger partial charge in [0.25, 0.3) is 0 Å². The maximum absolute atomic E-state index is 6.05. The van der Waals surface area contributed by atoms with Gasteiger partial charge in [-0.15, -0.1) is 0 Å². The first kappa shape index (κ1) is 11.8. The number of benzene rings is 1. The molecule has 0 aliphatic heterocycles. The first-order valence-electron chi connectivity index (χ1n) is 5.42. The summed E-state index contributed by atoms with van der Waals surface area (Å²) in [5.74, 6) is 0. The second kappa shape index (κ2) is 4.15. The topological polar surface area (TPSA) is 38.0 Å². The van der Waals surface area contributed by atoms with Gasteiger partial charge in [-0.1, -0.05) is 11.6 Å². The van der Waals surface area contributed by atoms with Crippen LogP contribution in [0.5, 0.6) is 0 Å². The molecule has 0 radical (unpaired) electrons. The average molecular weight is 297 g/mol. The summed E-state index contributed by atoms with van der Waals surface area (Å²) in [6, 6.07) is 5.55. The molecule has 7 heteroatoms. The molecule has 0 fully saturated rings. The normalized spacial score (nSPS) is 11.4. The van der Waals surface area contributed by atoms with Gasteiger partial charge in [-0.2, -0.15) is 0 Å². The molecule has 3 aromatic rings. The number of nitrogens with one attached hydrogen (secondary N) is 1. The molecule has 2 aromatic heterocycles. The van der Waals surface area contributed by atoms with Crippen LogP contribution < -0.4 is 0 Å². The second-order valence-electron chi connectivity index (χ2n) is 3.88. The molecular formula is C11H9ClN4S2. The van der Waals surface area contributed by atoms with Crippen molar-refractivity contribution in [1.29, 1.82) is 0 Å². The second-order valence-corrected chi connectivity index (χ2v) is 5.06. The van der Waals surface area contributed by atoms with Crippen molar-refractivity contribution in [2.45, 2.75) is 13.5 Å². The highest BCUT2D eigenvalue weighted by Crippen LogP contribution is 2.22. The molecule has 0 bridgehead atoms. The summed E-state index contributed by atoms with van der Waals surface area (Å²) < 4.78 is 4.78. The quantitative estimate of drug-likeness (QED) is 0.695. The van der Waals surface area contributed by atoms with Gasteiger partial charge in [0.15, 0.2) is 4.77 Å². The molecule has 92 valence electrons. The van der Waals surface area contributed by atoms with Gasteiger partial charge < -0.3 is 4.57 Å². The summed E-state index contributed by atoms with van der Waals surface area (Å²) in [6.07, 6.45) is 0. The predicted molar refractivity (Wildman–Crippen MR) is 77.4 cm³/mol. The Balaban J connectivity index is 2.70. The third-order valence-electron chi connectivity index (χ3n) is 2.84. The molecule has 18 heavy (non-hydrogen) atoms. The molecule has 0 spiro atoms. The lowest BCUT2D eigenvalue weighted by molar-refractivity contribution is 0.776. The van der Waals surface area contributed by atoms with E-state index >= 15 is 0 Å². The number of aryl methyl sites for hydroxylation is 1. The number of fused-ring (bicyclic) bond motifs is 3. The zero-order valence-corrected chi connectivity index (χ0v) is 11.9. The number of H-pyrrole nitrogens is 1. The number of nitrogens with zero attached hydrogens (tertiary/aromatic N) is 3. The molecule has 0 amide bonds. The highest BCUT2D eigenvalue weighted by molar-refractivity contribution is 7.71. The Hall–Kier alpha value is -1.24. The summed E-state index contributed by atoms with van der Waals surface area (Å²) in [5, 5.41) is 4.64. The minimum absolute atomic E-state index is 0.457. The Labute approximate surface area is 118 Å². The monoisotopic (exact) mass is 296 g/mol. The Morgan fingerprint density at radius 1 is 1.39 bits per heavy atom. The Morgan fingerprint density at radius 3 is 2.89 bits per heavy atom. The van der Waals surface area contributed by atoms with Crippen LogP contribution in [0, 0.1) is 9.54 Å². The van der Waals surface area contributed by atoms with Gasteiger partial charge in [-0.05, 0) is 49.6 Å². The van der Waals surface area contributed by atoms with E-state index in [0.29, 0.717) is 14.6 Å². The van der Waals surface area contributed by atoms with Gasteiger partial charge in [0.1, 0.15) is 5.65 Å². The van der Waals surface area contributed by atoms with Gasteiger partial charge in [-0.25, -0.2) is 9.50 Å². The number of rotatable bonds is 1. The minimum Gasteiger partial charge on any atom is -0.302 e. The molecule has 0 unspecified atom stereocenters. The summed E-state index contributed by atoms with van der Waals surface area (Å²) in [5.41, 5.74) is 1.72. The van der Waals surface area contributed by atoms with E-state index in [1.54, 1.807) is 10.6 Å². The Morgan fingerprint density at radius 2 is 2.17 bits per heavy atom. The number of aromatic amines is 1. The predicted octanol–water partition coefficient (Wildman–Crippen LogP) is 3.75. The molecule has 0 saturated carbocycles. The average Bonchev–Trinajstić information content (AvgIpc) is 2.68. The summed E-state index contributed by atoms with van der Waals surface area (Å²) >= 11 is 16.6. The Bertz CT molecular complexity index is 874. The molecule has 0 aliphatic carbocycles. The van der Waals surface area contributed by atoms with E-state index < -0.39 is 0 Å². The van der Waals surface area contributed by atoms with Crippen LogP contribution in [0.25, 0.3) is 16.6 Å². The van der Waals surface area contributed by atoms with Crippen LogP contribution in [-0.2, 0) is 6.54 Å². The van der Waals surface area contributed by atoms with E-state index in [1.165, 1.54) is 0 Å². The smallest absolute Gasteiger partial charge is 0.221 e. The lowest BCUT2D eigenvalue weighted by Crippen LogP contribution is -1.99. The van der Waals surface area contributed by atoms with Crippen LogP contribution in [0.2, 0.25) is 5.02 Å². The number of halogens is 1. The van der Waals surface area contributed by atoms with E-state index in [-0.39, 0.29) is 0 Å². The minimum atomic E-state index is 0.457. The van der Waals surface area contributed by atoms with E-state index in [9.17, 15) is 0 Å². The lowest BCUT2D eigenvalue weighted by Gasteiger charge is -2.04. The maximum Gasteiger partial charge on any atom is 0.221 e. The van der Waals surface area contributed by atoms with Crippen molar-refractivity contribution >= 4 is 52.6 Å². The molecule has 0 saturated heterocycles. The van der Waals surface area contributed by atoms with Crippen LogP contribution in [-0.4, -0.2) is 19.2 Å². The first-order valence-corrected chi connectivity index (χ1v) is 6.62. The van der Waals surface area contributed by atoms with E-state index in [2.05, 4.69) is 10.1 Å². The standard InChI is InChI=1S/C11H9ClN4S2/c1-2-15-9-7-5-6(12)3-4-8(7)13-10(17)16(9)14-11(15)18/h3-5H,2H2,1H3,(H,14,18). The lowest BCUT2D eigenvalue weighted by atomic mass is 10.2. The van der Waals surface area contributed by atoms with Crippen molar-refractivity contribution in [2.24, 2.45) is 0 Å². The van der Waals surface area contributed by atoms with Crippen LogP contribution in [0.15, 0.2) is 18.2 Å². The van der Waals surface area contributed by atoms with Crippen molar-refractivity contribution in [1.82, 2.24) is 19.2 Å². The van der Waals surface area contributed by atoms with Crippen molar-refractivity contribution in [2.75, 3.05) is 0 Å². The fourth-order valence-corrected chi connectivity index (χ4v) is 2.77. The van der Waals surface area contributed by atoms with Crippen molar-refractivity contribution in [3.05, 3.63) is 32.8 Å². The third kappa shape index (κ3) is 1.60. The van der Waals surface area contributed by atoms with Crippen molar-refractivity contribution < 1.29 is 0 Å². The molecule has 4 nitrogen and oxygen atoms in total. The van der Waals surface area contributed by atoms with Crippen LogP contribution >= 0.6 is 36.0 Å². The highest BCUT2D eigenvalue weighted by atomic mass is 35.5. The van der Waals surface area contributed by atoms with Crippen LogP contribution in [0.3, 0.4) is 0 Å². The first-order chi connectivity index (χ1) is 8.61. The summed E-state index contributed by atoms with van der Waals surface area (Å²) in [7, 11) is 0. The molecule has 1 aromatic carbocycles. The number of aromatic nitrogens is 4. The molecular weight excluding hydrogens is 288 g/mol. The Kier molecular flexibility index (Phi) is 2.73. The van der Waals surface area contributed by atoms with Crippen LogP contribution in [0.4, 0.5) is 0 Å². The van der Waals surface area contributed by atoms with E-state index in [4.69, 9.17) is 36.0 Å². The zero-order valence-electron chi connectivity index (χ0n) is 9.48. The maximum atomic E-state index is 6.05. The fraction of sp³-hybridized carbons (Fsp3) is 0.182. The molecule has 3 rings (SSSR count). The van der Waals surface area contributed by atoms with E-state index in [0.717, 1.165) is 23.1 Å². The zero-order chi connectivity index (χ0) is 12.9. The number of hydrogen-bond donors (Lipinski definition) is 1. The fourth-order valence-electron chi connectivity index (χ4n) is 2.06. The largest absolute Gasteiger partial charge is 0.302 e. The van der Waals surface area contributed by atoms with Crippen LogP contribution in [0.1, 0.15) is 6.92 Å². The molecule has 0 aliphatic rings. The van der Waals surface area contributed by atoms with Gasteiger partial charge >= 0.3 is 0 Å². The van der Waals surface area contributed by atoms with Gasteiger partial charge in [0.05, 0.1) is 5.52 Å². The SMILES string of the molecule is CCn1c(=S)[nH]n2c(=S)nc3ccc(Cl)cc3c12. The van der Waals surface area contributed by atoms with Gasteiger partial charge in [0.2, 0.25) is 4.77 Å². The van der Waals surface area contributed by atoms with Gasteiger partial charge in [0, 0.05) is 17.0 Å². The third-order valence-corrected chi connectivity index (χ3v) is 3.66. The van der Waals surface area contributed by atoms with Crippen molar-refractivity contribution in [3.63, 3.8) is 0 Å². The summed E-state index contributed by atoms with van der Waals surface area (Å²) in [6.45, 7) is 2.79. The van der Waals surface area contributed by atoms with Crippen molar-refractivity contribution in [3.8, 4) is 0 Å². The van der Waals surface area contributed by atoms with E-state index in [1.807, 2.05) is 23.6 Å².